The Morgan fingerprint density at radius 2 is 2.00 bits per heavy atom. The molecule has 1 aromatic heterocycles. The fraction of sp³-hybridized carbons (Fsp3) is 0.379. The van der Waals surface area contributed by atoms with Crippen LogP contribution in [0.15, 0.2) is 36.5 Å². The van der Waals surface area contributed by atoms with E-state index < -0.39 is 34.9 Å². The number of ether oxygens (including phenoxy) is 1. The number of nitrogens with two attached hydrogens (primary N) is 1. The fourth-order valence-corrected chi connectivity index (χ4v) is 5.18. The highest BCUT2D eigenvalue weighted by Crippen LogP contribution is 2.41. The minimum atomic E-state index is -1.45. The number of pyridine rings is 1. The van der Waals surface area contributed by atoms with Gasteiger partial charge >= 0.3 is 0 Å². The number of halogens is 4. The van der Waals surface area contributed by atoms with E-state index in [2.05, 4.69) is 16.8 Å². The van der Waals surface area contributed by atoms with Crippen LogP contribution in [0.3, 0.4) is 0 Å². The van der Waals surface area contributed by atoms with Crippen LogP contribution in [0.5, 0.6) is 5.75 Å². The van der Waals surface area contributed by atoms with Gasteiger partial charge in [-0.1, -0.05) is 11.8 Å². The zero-order chi connectivity index (χ0) is 28.9. The lowest BCUT2D eigenvalue weighted by Gasteiger charge is -2.40. The Balaban J connectivity index is 1.47. The molecule has 1 amide bonds. The van der Waals surface area contributed by atoms with E-state index in [-0.39, 0.29) is 31.5 Å². The number of hydroxylamine groups is 1. The van der Waals surface area contributed by atoms with Crippen molar-refractivity contribution in [1.82, 2.24) is 15.4 Å². The van der Waals surface area contributed by atoms with Crippen molar-refractivity contribution in [2.45, 2.75) is 38.4 Å². The number of likely N-dealkylation sites (tertiary alicyclic amines) is 1. The van der Waals surface area contributed by atoms with E-state index in [0.717, 1.165) is 6.07 Å². The summed E-state index contributed by atoms with van der Waals surface area (Å²) < 4.78 is 61.9. The third kappa shape index (κ3) is 6.20. The van der Waals surface area contributed by atoms with Crippen LogP contribution in [0.1, 0.15) is 48.5 Å². The predicted molar refractivity (Wildman–Crippen MR) is 140 cm³/mol. The highest BCUT2D eigenvalue weighted by atomic mass is 19.2. The molecule has 2 heterocycles. The average Bonchev–Trinajstić information content (AvgIpc) is 2.97. The molecule has 3 aromatic rings. The topological polar surface area (TPSA) is 101 Å². The molecule has 2 aromatic carbocycles. The van der Waals surface area contributed by atoms with Crippen LogP contribution >= 0.6 is 0 Å². The Hall–Kier alpha value is -3.72. The van der Waals surface area contributed by atoms with Gasteiger partial charge < -0.3 is 10.5 Å². The van der Waals surface area contributed by atoms with Crippen LogP contribution in [0.25, 0.3) is 10.9 Å². The molecule has 212 valence electrons. The number of aromatic nitrogens is 1. The van der Waals surface area contributed by atoms with Crippen LogP contribution in [0, 0.1) is 34.7 Å². The van der Waals surface area contributed by atoms with E-state index in [9.17, 15) is 23.2 Å². The molecule has 1 unspecified atom stereocenters. The van der Waals surface area contributed by atoms with Gasteiger partial charge in [0.15, 0.2) is 11.6 Å². The van der Waals surface area contributed by atoms with Gasteiger partial charge in [0, 0.05) is 42.8 Å². The third-order valence-electron chi connectivity index (χ3n) is 7.52. The molecule has 1 aliphatic rings. The number of nitrogens with one attached hydrogen (secondary N) is 1. The SMILES string of the molecule is COc1ccc2ncc(CN)c(C(F)CCC3(C(=O)NO)CCN(CC#Cc4cc(F)cc(F)c4F)CC3)c2c1. The lowest BCUT2D eigenvalue weighted by Crippen LogP contribution is -2.48. The third-order valence-corrected chi connectivity index (χ3v) is 7.52. The molecule has 0 radical (unpaired) electrons. The Kier molecular flexibility index (Phi) is 9.25. The van der Waals surface area contributed by atoms with Crippen LogP contribution in [0.2, 0.25) is 0 Å². The van der Waals surface area contributed by atoms with Crippen molar-refractivity contribution in [2.75, 3.05) is 26.7 Å². The average molecular weight is 559 g/mol. The summed E-state index contributed by atoms with van der Waals surface area (Å²) >= 11 is 0. The number of rotatable bonds is 8. The smallest absolute Gasteiger partial charge is 0.249 e. The molecule has 1 fully saturated rings. The number of carbonyl (C=O) groups excluding carboxylic acids is 1. The Morgan fingerprint density at radius 1 is 1.25 bits per heavy atom. The molecule has 7 nitrogen and oxygen atoms in total. The minimum absolute atomic E-state index is 0.000953. The van der Waals surface area contributed by atoms with Crippen molar-refractivity contribution in [3.8, 4) is 17.6 Å². The molecule has 0 aliphatic carbocycles. The molecule has 40 heavy (non-hydrogen) atoms. The molecule has 4 rings (SSSR count). The summed E-state index contributed by atoms with van der Waals surface area (Å²) in [6, 6.07) is 6.46. The summed E-state index contributed by atoms with van der Waals surface area (Å²) in [4.78, 5) is 19.0. The minimum Gasteiger partial charge on any atom is -0.497 e. The number of nitrogens with zero attached hydrogens (tertiary/aromatic N) is 2. The molecule has 0 bridgehead atoms. The second-order valence-corrected chi connectivity index (χ2v) is 9.84. The second-order valence-electron chi connectivity index (χ2n) is 9.84. The summed E-state index contributed by atoms with van der Waals surface area (Å²) in [6.07, 6.45) is 0.880. The standard InChI is InChI=1S/C29H30F4N4O3/c1-40-21-4-5-25-22(15-21)26(19(16-34)17-35-25)23(31)6-7-29(28(38)36-39)8-11-37(12-9-29)10-2-3-18-13-20(30)14-24(32)27(18)33/h4-5,13-15,17,23,39H,6-12,16,34H2,1H3,(H,36,38). The number of benzene rings is 2. The highest BCUT2D eigenvalue weighted by molar-refractivity contribution is 5.85. The lowest BCUT2D eigenvalue weighted by molar-refractivity contribution is -0.143. The molecule has 4 N–H and O–H groups in total. The van der Waals surface area contributed by atoms with E-state index in [1.807, 2.05) is 4.90 Å². The molecular formula is C29H30F4N4O3. The summed E-state index contributed by atoms with van der Waals surface area (Å²) in [6.45, 7) is 1.04. The van der Waals surface area contributed by atoms with Gasteiger partial charge in [-0.15, -0.1) is 0 Å². The number of amides is 1. The number of hydrogen-bond donors (Lipinski definition) is 3. The summed E-state index contributed by atoms with van der Waals surface area (Å²) in [5.41, 5.74) is 7.77. The van der Waals surface area contributed by atoms with Gasteiger partial charge in [0.05, 0.1) is 30.1 Å². The van der Waals surface area contributed by atoms with Gasteiger partial charge in [-0.05, 0) is 55.5 Å². The molecule has 1 saturated heterocycles. The van der Waals surface area contributed by atoms with Gasteiger partial charge in [-0.3, -0.25) is 19.9 Å². The Morgan fingerprint density at radius 3 is 2.67 bits per heavy atom. The molecule has 1 atom stereocenters. The van der Waals surface area contributed by atoms with E-state index in [1.165, 1.54) is 7.11 Å². The molecule has 0 saturated carbocycles. The Labute approximate surface area is 229 Å². The summed E-state index contributed by atoms with van der Waals surface area (Å²) in [5, 5.41) is 10.0. The van der Waals surface area contributed by atoms with Crippen molar-refractivity contribution in [2.24, 2.45) is 11.1 Å². The fourth-order valence-electron chi connectivity index (χ4n) is 5.18. The van der Waals surface area contributed by atoms with Crippen molar-refractivity contribution < 1.29 is 32.3 Å². The number of carbonyl (C=O) groups is 1. The zero-order valence-electron chi connectivity index (χ0n) is 21.9. The maximum absolute atomic E-state index is 15.9. The zero-order valence-corrected chi connectivity index (χ0v) is 21.9. The van der Waals surface area contributed by atoms with Crippen molar-refractivity contribution in [3.05, 3.63) is 70.7 Å². The molecule has 11 heteroatoms. The first-order chi connectivity index (χ1) is 19.2. The monoisotopic (exact) mass is 558 g/mol. The number of piperidine rings is 1. The maximum atomic E-state index is 15.9. The highest BCUT2D eigenvalue weighted by Gasteiger charge is 2.41. The lowest BCUT2D eigenvalue weighted by atomic mass is 9.73. The van der Waals surface area contributed by atoms with Gasteiger partial charge in [0.2, 0.25) is 5.91 Å². The van der Waals surface area contributed by atoms with Crippen LogP contribution in [-0.2, 0) is 11.3 Å². The molecule has 0 spiro atoms. The molecular weight excluding hydrogens is 528 g/mol. The van der Waals surface area contributed by atoms with Crippen molar-refractivity contribution in [1.29, 1.82) is 0 Å². The van der Waals surface area contributed by atoms with Crippen molar-refractivity contribution >= 4 is 16.8 Å². The van der Waals surface area contributed by atoms with Crippen LogP contribution < -0.4 is 16.0 Å². The van der Waals surface area contributed by atoms with E-state index in [4.69, 9.17) is 10.5 Å². The summed E-state index contributed by atoms with van der Waals surface area (Å²) in [5.74, 6) is 1.66. The number of alkyl halides is 1. The predicted octanol–water partition coefficient (Wildman–Crippen LogP) is 4.55. The largest absolute Gasteiger partial charge is 0.497 e. The van der Waals surface area contributed by atoms with E-state index >= 15 is 4.39 Å². The second kappa shape index (κ2) is 12.6. The first-order valence-corrected chi connectivity index (χ1v) is 12.8. The maximum Gasteiger partial charge on any atom is 0.249 e. The van der Waals surface area contributed by atoms with Crippen LogP contribution in [0.4, 0.5) is 17.6 Å². The Bertz CT molecular complexity index is 1440. The van der Waals surface area contributed by atoms with Crippen LogP contribution in [-0.4, -0.2) is 47.7 Å². The van der Waals surface area contributed by atoms with Gasteiger partial charge in [-0.25, -0.2) is 23.0 Å². The van der Waals surface area contributed by atoms with E-state index in [1.54, 1.807) is 29.9 Å². The van der Waals surface area contributed by atoms with Crippen molar-refractivity contribution in [3.63, 3.8) is 0 Å². The van der Waals surface area contributed by atoms with Gasteiger partial charge in [-0.2, -0.15) is 0 Å². The first-order valence-electron chi connectivity index (χ1n) is 12.8. The molecule has 1 aliphatic heterocycles. The number of methoxy groups -OCH3 is 1. The summed E-state index contributed by atoms with van der Waals surface area (Å²) in [7, 11) is 1.52. The van der Waals surface area contributed by atoms with Gasteiger partial charge in [0.1, 0.15) is 17.7 Å². The quantitative estimate of drug-likeness (QED) is 0.123. The number of hydrogen-bond acceptors (Lipinski definition) is 6. The van der Waals surface area contributed by atoms with Gasteiger partial charge in [0.25, 0.3) is 0 Å². The van der Waals surface area contributed by atoms with E-state index in [0.29, 0.717) is 59.8 Å². The number of fused-ring (bicyclic) bond motifs is 1. The normalized spacial score (nSPS) is 15.8. The first kappa shape index (κ1) is 29.3.